The van der Waals surface area contributed by atoms with Gasteiger partial charge in [-0.1, -0.05) is 38.1 Å². The van der Waals surface area contributed by atoms with Crippen LogP contribution in [0.4, 0.5) is 5.82 Å². The quantitative estimate of drug-likeness (QED) is 0.606. The van der Waals surface area contributed by atoms with Gasteiger partial charge in [0.15, 0.2) is 17.3 Å². The maximum atomic E-state index is 13.4. The Labute approximate surface area is 187 Å². The minimum atomic E-state index is -0.281. The van der Waals surface area contributed by atoms with Crippen molar-refractivity contribution >= 4 is 11.6 Å². The number of aromatic nitrogens is 2. The number of phenols is 1. The molecule has 3 aromatic rings. The van der Waals surface area contributed by atoms with E-state index in [1.54, 1.807) is 6.07 Å². The summed E-state index contributed by atoms with van der Waals surface area (Å²) in [6.07, 6.45) is 1.28. The molecule has 1 aliphatic carbocycles. The number of nitrogens with zero attached hydrogens (tertiary/aromatic N) is 2. The summed E-state index contributed by atoms with van der Waals surface area (Å²) in [4.78, 5) is 13.4. The molecule has 1 aliphatic heterocycles. The number of Topliss-reactive ketones (excluding diaryl/α,β-unsaturated/α-hetero) is 1. The zero-order valence-electron chi connectivity index (χ0n) is 18.8. The van der Waals surface area contributed by atoms with E-state index in [9.17, 15) is 9.90 Å². The Bertz CT molecular complexity index is 1250. The Morgan fingerprint density at radius 3 is 2.62 bits per heavy atom. The van der Waals surface area contributed by atoms with Crippen molar-refractivity contribution in [3.63, 3.8) is 0 Å². The summed E-state index contributed by atoms with van der Waals surface area (Å²) in [7, 11) is 1.53. The molecule has 2 N–H and O–H groups in total. The van der Waals surface area contributed by atoms with Gasteiger partial charge in [0.2, 0.25) is 0 Å². The molecular formula is C26H27N3O3. The van der Waals surface area contributed by atoms with Crippen LogP contribution >= 0.6 is 0 Å². The second kappa shape index (κ2) is 7.26. The minimum Gasteiger partial charge on any atom is -0.504 e. The Kier molecular flexibility index (Phi) is 4.62. The fourth-order valence-corrected chi connectivity index (χ4v) is 5.04. The van der Waals surface area contributed by atoms with Gasteiger partial charge in [-0.15, -0.1) is 0 Å². The van der Waals surface area contributed by atoms with E-state index in [2.05, 4.69) is 19.2 Å². The molecule has 6 heteroatoms. The molecule has 0 radical (unpaired) electrons. The van der Waals surface area contributed by atoms with E-state index in [1.807, 2.05) is 54.1 Å². The molecule has 6 nitrogen and oxygen atoms in total. The van der Waals surface area contributed by atoms with E-state index in [0.717, 1.165) is 46.0 Å². The van der Waals surface area contributed by atoms with Crippen LogP contribution in [0.3, 0.4) is 0 Å². The van der Waals surface area contributed by atoms with Crippen LogP contribution in [-0.2, 0) is 4.79 Å². The fourth-order valence-electron chi connectivity index (χ4n) is 5.04. The Hall–Kier alpha value is -3.54. The predicted molar refractivity (Wildman–Crippen MR) is 123 cm³/mol. The molecule has 0 fully saturated rings. The lowest BCUT2D eigenvalue weighted by atomic mass is 9.69. The highest BCUT2D eigenvalue weighted by Gasteiger charge is 2.43. The predicted octanol–water partition coefficient (Wildman–Crippen LogP) is 5.10. The lowest BCUT2D eigenvalue weighted by Crippen LogP contribution is -2.34. The van der Waals surface area contributed by atoms with Crippen LogP contribution in [0.25, 0.3) is 5.69 Å². The van der Waals surface area contributed by atoms with E-state index in [0.29, 0.717) is 12.2 Å². The summed E-state index contributed by atoms with van der Waals surface area (Å²) in [6.45, 7) is 6.24. The molecule has 0 saturated carbocycles. The summed E-state index contributed by atoms with van der Waals surface area (Å²) < 4.78 is 7.30. The van der Waals surface area contributed by atoms with Gasteiger partial charge in [0.25, 0.3) is 0 Å². The first-order valence-electron chi connectivity index (χ1n) is 10.8. The number of aryl methyl sites for hydroxylation is 1. The average molecular weight is 430 g/mol. The second-order valence-electron chi connectivity index (χ2n) is 9.42. The van der Waals surface area contributed by atoms with Gasteiger partial charge in [-0.3, -0.25) is 4.79 Å². The molecule has 2 aliphatic rings. The number of carbonyl (C=O) groups is 1. The number of hydrogen-bond acceptors (Lipinski definition) is 5. The number of hydrogen-bond donors (Lipinski definition) is 2. The summed E-state index contributed by atoms with van der Waals surface area (Å²) >= 11 is 0. The number of phenolic OH excluding ortho intramolecular Hbond substituents is 1. The largest absolute Gasteiger partial charge is 0.504 e. The lowest BCUT2D eigenvalue weighted by molar-refractivity contribution is -0.118. The zero-order valence-corrected chi connectivity index (χ0v) is 18.8. The topological polar surface area (TPSA) is 76.4 Å². The van der Waals surface area contributed by atoms with Crippen molar-refractivity contribution in [2.24, 2.45) is 5.41 Å². The maximum Gasteiger partial charge on any atom is 0.162 e. The number of rotatable bonds is 3. The number of benzene rings is 2. The highest BCUT2D eigenvalue weighted by Crippen LogP contribution is 2.51. The van der Waals surface area contributed by atoms with Gasteiger partial charge in [0, 0.05) is 29.2 Å². The third-order valence-corrected chi connectivity index (χ3v) is 6.41. The van der Waals surface area contributed by atoms with E-state index in [1.165, 1.54) is 7.11 Å². The van der Waals surface area contributed by atoms with Crippen molar-refractivity contribution in [2.75, 3.05) is 12.4 Å². The van der Waals surface area contributed by atoms with Crippen LogP contribution in [-0.4, -0.2) is 27.8 Å². The summed E-state index contributed by atoms with van der Waals surface area (Å²) in [5.41, 5.74) is 5.32. The Balaban J connectivity index is 1.77. The van der Waals surface area contributed by atoms with Crippen LogP contribution in [0.5, 0.6) is 11.5 Å². The SMILES string of the molecule is COc1cc([C@H]2C3=C(CC(C)(C)CC3=O)Nc3c2c(C)nn3-c2ccccc2)ccc1O. The van der Waals surface area contributed by atoms with Gasteiger partial charge >= 0.3 is 0 Å². The van der Waals surface area contributed by atoms with E-state index < -0.39 is 0 Å². The molecular weight excluding hydrogens is 402 g/mol. The lowest BCUT2D eigenvalue weighted by Gasteiger charge is -2.38. The van der Waals surface area contributed by atoms with Crippen LogP contribution in [0.15, 0.2) is 59.8 Å². The normalized spacial score (nSPS) is 19.2. The van der Waals surface area contributed by atoms with Crippen molar-refractivity contribution in [1.29, 1.82) is 0 Å². The van der Waals surface area contributed by atoms with E-state index in [-0.39, 0.29) is 22.9 Å². The first kappa shape index (κ1) is 20.4. The number of ketones is 1. The summed E-state index contributed by atoms with van der Waals surface area (Å²) in [5.74, 6) is 1.22. The first-order chi connectivity index (χ1) is 15.3. The molecule has 2 aromatic carbocycles. The molecule has 5 rings (SSSR count). The van der Waals surface area contributed by atoms with Crippen molar-refractivity contribution in [3.8, 4) is 17.2 Å². The van der Waals surface area contributed by atoms with Crippen LogP contribution < -0.4 is 10.1 Å². The number of nitrogens with one attached hydrogen (secondary N) is 1. The van der Waals surface area contributed by atoms with Gasteiger partial charge in [0.1, 0.15) is 5.82 Å². The number of ether oxygens (including phenoxy) is 1. The number of para-hydroxylation sites is 1. The monoisotopic (exact) mass is 429 g/mol. The fraction of sp³-hybridized carbons (Fsp3) is 0.308. The van der Waals surface area contributed by atoms with Crippen LogP contribution in [0, 0.1) is 12.3 Å². The van der Waals surface area contributed by atoms with Crippen LogP contribution in [0.2, 0.25) is 0 Å². The van der Waals surface area contributed by atoms with Gasteiger partial charge < -0.3 is 15.2 Å². The Morgan fingerprint density at radius 1 is 1.16 bits per heavy atom. The zero-order chi connectivity index (χ0) is 22.6. The number of carbonyl (C=O) groups excluding carboxylic acids is 1. The molecule has 1 atom stereocenters. The summed E-state index contributed by atoms with van der Waals surface area (Å²) in [6, 6.07) is 15.3. The van der Waals surface area contributed by atoms with Gasteiger partial charge in [0.05, 0.1) is 18.5 Å². The van der Waals surface area contributed by atoms with Crippen molar-refractivity contribution in [3.05, 3.63) is 76.6 Å². The molecule has 0 spiro atoms. The molecule has 0 unspecified atom stereocenters. The molecule has 1 aromatic heterocycles. The molecule has 2 heterocycles. The van der Waals surface area contributed by atoms with Gasteiger partial charge in [-0.2, -0.15) is 5.10 Å². The van der Waals surface area contributed by atoms with E-state index >= 15 is 0 Å². The molecule has 0 saturated heterocycles. The molecule has 32 heavy (non-hydrogen) atoms. The van der Waals surface area contributed by atoms with Crippen molar-refractivity contribution < 1.29 is 14.6 Å². The third kappa shape index (κ3) is 3.18. The standard InChI is InChI=1S/C26H27N3O3/c1-15-22-23(16-10-11-19(30)21(12-16)32-4)24-18(13-26(2,3)14-20(24)31)27-25(22)29(28-15)17-8-6-5-7-9-17/h5-12,23,27,30H,13-14H2,1-4H3/t23-/m1/s1. The number of allylic oxidation sites excluding steroid dienone is 2. The van der Waals surface area contributed by atoms with E-state index in [4.69, 9.17) is 9.84 Å². The molecule has 164 valence electrons. The third-order valence-electron chi connectivity index (χ3n) is 6.41. The number of aromatic hydroxyl groups is 1. The van der Waals surface area contributed by atoms with Gasteiger partial charge in [-0.25, -0.2) is 4.68 Å². The number of methoxy groups -OCH3 is 1. The average Bonchev–Trinajstić information content (AvgIpc) is 3.08. The second-order valence-corrected chi connectivity index (χ2v) is 9.42. The highest BCUT2D eigenvalue weighted by molar-refractivity contribution is 6.01. The van der Waals surface area contributed by atoms with Gasteiger partial charge in [-0.05, 0) is 48.6 Å². The molecule has 0 bridgehead atoms. The van der Waals surface area contributed by atoms with Crippen LogP contribution in [0.1, 0.15) is 49.4 Å². The number of fused-ring (bicyclic) bond motifs is 1. The first-order valence-corrected chi connectivity index (χ1v) is 10.8. The highest BCUT2D eigenvalue weighted by atomic mass is 16.5. The maximum absolute atomic E-state index is 13.4. The smallest absolute Gasteiger partial charge is 0.162 e. The number of anilines is 1. The summed E-state index contributed by atoms with van der Waals surface area (Å²) in [5, 5.41) is 18.6. The molecule has 0 amide bonds. The van der Waals surface area contributed by atoms with Crippen molar-refractivity contribution in [1.82, 2.24) is 9.78 Å². The Morgan fingerprint density at radius 2 is 1.91 bits per heavy atom. The minimum absolute atomic E-state index is 0.0763. The van der Waals surface area contributed by atoms with Crippen molar-refractivity contribution in [2.45, 2.75) is 39.5 Å².